The molecule has 0 saturated heterocycles. The lowest BCUT2D eigenvalue weighted by atomic mass is 9.73. The van der Waals surface area contributed by atoms with Crippen LogP contribution in [-0.2, 0) is 12.8 Å². The lowest BCUT2D eigenvalue weighted by Gasteiger charge is -2.29. The van der Waals surface area contributed by atoms with Gasteiger partial charge in [-0.1, -0.05) is 54.6 Å². The summed E-state index contributed by atoms with van der Waals surface area (Å²) in [6.07, 6.45) is 4.33. The molecule has 142 valence electrons. The van der Waals surface area contributed by atoms with Gasteiger partial charge in [0.1, 0.15) is 0 Å². The lowest BCUT2D eigenvalue weighted by molar-refractivity contribution is 0.436. The summed E-state index contributed by atoms with van der Waals surface area (Å²) in [5.41, 5.74) is 11.8. The molecule has 1 aliphatic heterocycles. The molecular weight excluding hydrogens is 344 g/mol. The van der Waals surface area contributed by atoms with E-state index in [9.17, 15) is 5.26 Å². The quantitative estimate of drug-likeness (QED) is 0.846. The van der Waals surface area contributed by atoms with E-state index in [2.05, 4.69) is 46.6 Å². The number of nitriles is 1. The molecule has 4 nitrogen and oxygen atoms in total. The van der Waals surface area contributed by atoms with Crippen molar-refractivity contribution >= 4 is 11.4 Å². The fourth-order valence-corrected chi connectivity index (χ4v) is 4.47. The largest absolute Gasteiger partial charge is 0.320 e. The highest BCUT2D eigenvalue weighted by Gasteiger charge is 2.34. The van der Waals surface area contributed by atoms with E-state index in [1.807, 2.05) is 31.2 Å². The molecule has 0 saturated carbocycles. The van der Waals surface area contributed by atoms with Crippen LogP contribution in [-0.4, -0.2) is 17.0 Å². The van der Waals surface area contributed by atoms with E-state index in [1.165, 1.54) is 16.7 Å². The number of rotatable bonds is 5. The zero-order valence-corrected chi connectivity index (χ0v) is 16.3. The second-order valence-corrected chi connectivity index (χ2v) is 8.28. The van der Waals surface area contributed by atoms with Gasteiger partial charge in [-0.15, -0.1) is 0 Å². The minimum Gasteiger partial charge on any atom is -0.320 e. The first-order valence-electron chi connectivity index (χ1n) is 10.00. The molecule has 1 aliphatic carbocycles. The van der Waals surface area contributed by atoms with Crippen LogP contribution in [0.25, 0.3) is 0 Å². The van der Waals surface area contributed by atoms with Crippen LogP contribution in [0.4, 0.5) is 0 Å². The maximum Gasteiger partial charge on any atom is 0.0747 e. The van der Waals surface area contributed by atoms with Gasteiger partial charge in [-0.25, -0.2) is 0 Å². The first-order valence-corrected chi connectivity index (χ1v) is 10.00. The van der Waals surface area contributed by atoms with Crippen LogP contribution in [0.2, 0.25) is 0 Å². The summed E-state index contributed by atoms with van der Waals surface area (Å²) >= 11 is 0. The molecule has 3 atom stereocenters. The summed E-state index contributed by atoms with van der Waals surface area (Å²) in [6, 6.07) is 21.2. The Morgan fingerprint density at radius 3 is 2.64 bits per heavy atom. The van der Waals surface area contributed by atoms with Crippen LogP contribution in [0.3, 0.4) is 0 Å². The summed E-state index contributed by atoms with van der Waals surface area (Å²) in [5.74, 6) is 0.233. The molecule has 0 amide bonds. The monoisotopic (exact) mass is 370 g/mol. The molecule has 0 bridgehead atoms. The van der Waals surface area contributed by atoms with Crippen molar-refractivity contribution in [2.24, 2.45) is 21.9 Å². The Balaban J connectivity index is 1.41. The summed E-state index contributed by atoms with van der Waals surface area (Å²) in [6.45, 7) is 2.03. The average molecular weight is 371 g/mol. The van der Waals surface area contributed by atoms with E-state index in [0.717, 1.165) is 43.5 Å². The topological polar surface area (TPSA) is 74.5 Å². The van der Waals surface area contributed by atoms with E-state index in [1.54, 1.807) is 0 Å². The molecule has 28 heavy (non-hydrogen) atoms. The smallest absolute Gasteiger partial charge is 0.0747 e. The minimum atomic E-state index is -0.513. The first-order chi connectivity index (χ1) is 13.6. The third-order valence-electron chi connectivity index (χ3n) is 6.04. The Morgan fingerprint density at radius 1 is 1.11 bits per heavy atom. The zero-order valence-electron chi connectivity index (χ0n) is 16.3. The van der Waals surface area contributed by atoms with E-state index in [-0.39, 0.29) is 5.92 Å². The molecule has 2 unspecified atom stereocenters. The summed E-state index contributed by atoms with van der Waals surface area (Å²) in [4.78, 5) is 0. The molecular formula is C24H26N4. The van der Waals surface area contributed by atoms with Gasteiger partial charge in [0.25, 0.3) is 0 Å². The van der Waals surface area contributed by atoms with Crippen molar-refractivity contribution in [3.05, 3.63) is 71.3 Å². The standard InChI is InChI=1S/C24H26N4/c1-24(26,15-17-7-3-2-4-8-17)23-14-20(27-28-23)13-19-12-11-18-9-5-6-10-21(18)22(19)16-25/h2-10,19,22H,11-15,26H2,1H3/t19?,22?,24-/m1/s1. The third-order valence-corrected chi connectivity index (χ3v) is 6.04. The van der Waals surface area contributed by atoms with Crippen LogP contribution in [0.5, 0.6) is 0 Å². The number of hydrogen-bond acceptors (Lipinski definition) is 4. The van der Waals surface area contributed by atoms with Gasteiger partial charge in [0.15, 0.2) is 0 Å². The molecule has 1 heterocycles. The number of aryl methyl sites for hydroxylation is 1. The number of hydrogen-bond donors (Lipinski definition) is 1. The maximum absolute atomic E-state index is 9.79. The van der Waals surface area contributed by atoms with Crippen LogP contribution in [0.15, 0.2) is 64.8 Å². The lowest BCUT2D eigenvalue weighted by Crippen LogP contribution is -2.47. The molecule has 0 aromatic heterocycles. The zero-order chi connectivity index (χ0) is 19.6. The van der Waals surface area contributed by atoms with Gasteiger partial charge in [0.05, 0.1) is 23.2 Å². The molecule has 4 heteroatoms. The summed E-state index contributed by atoms with van der Waals surface area (Å²) in [7, 11) is 0. The minimum absolute atomic E-state index is 0.0646. The molecule has 0 radical (unpaired) electrons. The Bertz CT molecular complexity index is 950. The Labute approximate surface area is 166 Å². The van der Waals surface area contributed by atoms with Gasteiger partial charge < -0.3 is 5.73 Å². The number of nitrogens with zero attached hydrogens (tertiary/aromatic N) is 3. The molecule has 4 rings (SSSR count). The van der Waals surface area contributed by atoms with Crippen molar-refractivity contribution < 1.29 is 0 Å². The summed E-state index contributed by atoms with van der Waals surface area (Å²) < 4.78 is 0. The Hall–Kier alpha value is -2.77. The number of nitrogens with two attached hydrogens (primary N) is 1. The highest BCUT2D eigenvalue weighted by atomic mass is 15.2. The second kappa shape index (κ2) is 7.69. The van der Waals surface area contributed by atoms with Crippen molar-refractivity contribution in [1.29, 1.82) is 5.26 Å². The van der Waals surface area contributed by atoms with Crippen molar-refractivity contribution in [3.63, 3.8) is 0 Å². The number of fused-ring (bicyclic) bond motifs is 1. The van der Waals surface area contributed by atoms with Crippen LogP contribution < -0.4 is 5.73 Å². The fourth-order valence-electron chi connectivity index (χ4n) is 4.47. The van der Waals surface area contributed by atoms with Crippen molar-refractivity contribution in [3.8, 4) is 6.07 Å². The SMILES string of the molecule is C[C@@](N)(Cc1ccccc1)C1=NN=C(CC2CCc3ccccc3C2C#N)C1. The van der Waals surface area contributed by atoms with Crippen LogP contribution >= 0.6 is 0 Å². The van der Waals surface area contributed by atoms with E-state index >= 15 is 0 Å². The molecule has 2 N–H and O–H groups in total. The first kappa shape index (κ1) is 18.6. The molecule has 2 aliphatic rings. The van der Waals surface area contributed by atoms with Gasteiger partial charge in [-0.2, -0.15) is 15.5 Å². The number of benzene rings is 2. The van der Waals surface area contributed by atoms with Gasteiger partial charge in [0.2, 0.25) is 0 Å². The third kappa shape index (κ3) is 3.76. The van der Waals surface area contributed by atoms with E-state index in [0.29, 0.717) is 5.92 Å². The molecule has 0 fully saturated rings. The van der Waals surface area contributed by atoms with Gasteiger partial charge >= 0.3 is 0 Å². The predicted molar refractivity (Wildman–Crippen MR) is 113 cm³/mol. The Morgan fingerprint density at radius 2 is 1.86 bits per heavy atom. The van der Waals surface area contributed by atoms with Gasteiger partial charge in [-0.05, 0) is 55.2 Å². The Kier molecular flexibility index (Phi) is 5.11. The molecule has 0 spiro atoms. The van der Waals surface area contributed by atoms with E-state index in [4.69, 9.17) is 5.73 Å². The van der Waals surface area contributed by atoms with Gasteiger partial charge in [-0.3, -0.25) is 0 Å². The van der Waals surface area contributed by atoms with Gasteiger partial charge in [0, 0.05) is 12.1 Å². The normalized spacial score (nSPS) is 23.2. The maximum atomic E-state index is 9.79. The molecule has 2 aromatic rings. The van der Waals surface area contributed by atoms with Crippen LogP contribution in [0.1, 0.15) is 48.8 Å². The molecule has 2 aromatic carbocycles. The second-order valence-electron chi connectivity index (χ2n) is 8.28. The summed E-state index contributed by atoms with van der Waals surface area (Å²) in [5, 5.41) is 18.7. The predicted octanol–water partition coefficient (Wildman–Crippen LogP) is 4.41. The average Bonchev–Trinajstić information content (AvgIpc) is 3.18. The van der Waals surface area contributed by atoms with Crippen molar-refractivity contribution in [1.82, 2.24) is 0 Å². The van der Waals surface area contributed by atoms with Crippen LogP contribution in [0, 0.1) is 17.2 Å². The van der Waals surface area contributed by atoms with Crippen molar-refractivity contribution in [2.45, 2.75) is 50.5 Å². The highest BCUT2D eigenvalue weighted by Crippen LogP contribution is 2.38. The van der Waals surface area contributed by atoms with E-state index < -0.39 is 5.54 Å². The van der Waals surface area contributed by atoms with Crippen molar-refractivity contribution in [2.75, 3.05) is 0 Å². The highest BCUT2D eigenvalue weighted by molar-refractivity contribution is 6.11. The fraction of sp³-hybridized carbons (Fsp3) is 0.375.